The molecular formula is C23H21N3O. The molecule has 3 aromatic rings. The van der Waals surface area contributed by atoms with Gasteiger partial charge in [0.15, 0.2) is 0 Å². The van der Waals surface area contributed by atoms with E-state index < -0.39 is 0 Å². The van der Waals surface area contributed by atoms with Crippen LogP contribution >= 0.6 is 0 Å². The molecule has 2 aliphatic rings. The van der Waals surface area contributed by atoms with Gasteiger partial charge < -0.3 is 9.64 Å². The van der Waals surface area contributed by atoms with Crippen LogP contribution in [0.4, 0.5) is 0 Å². The number of aromatic nitrogens is 2. The first kappa shape index (κ1) is 16.1. The molecule has 0 N–H and O–H groups in total. The third-order valence-electron chi connectivity index (χ3n) is 5.37. The van der Waals surface area contributed by atoms with Crippen molar-refractivity contribution in [2.45, 2.75) is 25.9 Å². The second-order valence-corrected chi connectivity index (χ2v) is 7.18. The lowest BCUT2D eigenvalue weighted by atomic mass is 9.92. The molecule has 134 valence electrons. The lowest BCUT2D eigenvalue weighted by molar-refractivity contribution is 0.154. The summed E-state index contributed by atoms with van der Waals surface area (Å²) in [4.78, 5) is 11.3. The number of ether oxygens (including phenoxy) is 1. The van der Waals surface area contributed by atoms with E-state index in [2.05, 4.69) is 63.5 Å². The van der Waals surface area contributed by atoms with Gasteiger partial charge in [-0.15, -0.1) is 0 Å². The molecule has 0 saturated heterocycles. The zero-order chi connectivity index (χ0) is 18.2. The summed E-state index contributed by atoms with van der Waals surface area (Å²) >= 11 is 0. The molecule has 1 aromatic carbocycles. The van der Waals surface area contributed by atoms with Crippen molar-refractivity contribution in [3.63, 3.8) is 0 Å². The SMILES string of the molecule is Cc1ccc2c(n1)C=CN([C@@H]1COc3cccc(-c4cccnc4)c3C1)C2. The molecular weight excluding hydrogens is 334 g/mol. The zero-order valence-corrected chi connectivity index (χ0v) is 15.3. The smallest absolute Gasteiger partial charge is 0.123 e. The van der Waals surface area contributed by atoms with E-state index in [1.807, 2.05) is 25.4 Å². The number of nitrogens with zero attached hydrogens (tertiary/aromatic N) is 3. The summed E-state index contributed by atoms with van der Waals surface area (Å²) in [5.41, 5.74) is 7.03. The van der Waals surface area contributed by atoms with Crippen molar-refractivity contribution < 1.29 is 4.74 Å². The van der Waals surface area contributed by atoms with E-state index in [4.69, 9.17) is 4.74 Å². The van der Waals surface area contributed by atoms with Gasteiger partial charge in [-0.25, -0.2) is 0 Å². The van der Waals surface area contributed by atoms with Gasteiger partial charge in [-0.3, -0.25) is 9.97 Å². The largest absolute Gasteiger partial charge is 0.491 e. The standard InChI is InChI=1S/C23H21N3O/c1-16-7-8-18-14-26(11-9-22(18)25-16)19-12-21-20(17-4-3-10-24-13-17)5-2-6-23(21)27-15-19/h2-11,13,19H,12,14-15H2,1H3/t19-/m0/s1. The first-order valence-corrected chi connectivity index (χ1v) is 9.33. The third kappa shape index (κ3) is 2.97. The van der Waals surface area contributed by atoms with E-state index in [1.54, 1.807) is 0 Å². The predicted octanol–water partition coefficient (Wildman–Crippen LogP) is 4.24. The van der Waals surface area contributed by atoms with Crippen LogP contribution in [0.25, 0.3) is 17.2 Å². The van der Waals surface area contributed by atoms with Crippen LogP contribution in [-0.2, 0) is 13.0 Å². The highest BCUT2D eigenvalue weighted by atomic mass is 16.5. The lowest BCUT2D eigenvalue weighted by Gasteiger charge is -2.36. The highest BCUT2D eigenvalue weighted by molar-refractivity contribution is 5.70. The number of hydrogen-bond donors (Lipinski definition) is 0. The van der Waals surface area contributed by atoms with Crippen molar-refractivity contribution in [1.82, 2.24) is 14.9 Å². The van der Waals surface area contributed by atoms with E-state index in [-0.39, 0.29) is 0 Å². The Morgan fingerprint density at radius 3 is 2.96 bits per heavy atom. The molecule has 0 bridgehead atoms. The van der Waals surface area contributed by atoms with Crippen LogP contribution in [0.5, 0.6) is 5.75 Å². The summed E-state index contributed by atoms with van der Waals surface area (Å²) in [6, 6.07) is 15.0. The Labute approximate surface area is 159 Å². The fourth-order valence-corrected chi connectivity index (χ4v) is 3.95. The van der Waals surface area contributed by atoms with Gasteiger partial charge in [-0.1, -0.05) is 24.3 Å². The molecule has 4 heterocycles. The Kier molecular flexibility index (Phi) is 3.89. The number of rotatable bonds is 2. The van der Waals surface area contributed by atoms with Crippen LogP contribution in [0.2, 0.25) is 0 Å². The third-order valence-corrected chi connectivity index (χ3v) is 5.37. The van der Waals surface area contributed by atoms with Crippen LogP contribution in [0.1, 0.15) is 22.5 Å². The zero-order valence-electron chi connectivity index (χ0n) is 15.3. The molecule has 27 heavy (non-hydrogen) atoms. The van der Waals surface area contributed by atoms with Gasteiger partial charge in [0.25, 0.3) is 0 Å². The molecule has 2 aromatic heterocycles. The molecule has 0 fully saturated rings. The second-order valence-electron chi connectivity index (χ2n) is 7.18. The van der Waals surface area contributed by atoms with Gasteiger partial charge in [0.2, 0.25) is 0 Å². The Balaban J connectivity index is 1.44. The number of fused-ring (bicyclic) bond motifs is 2. The van der Waals surface area contributed by atoms with Crippen molar-refractivity contribution >= 4 is 6.08 Å². The van der Waals surface area contributed by atoms with Gasteiger partial charge in [-0.2, -0.15) is 0 Å². The Hall–Kier alpha value is -3.14. The van der Waals surface area contributed by atoms with E-state index in [0.717, 1.165) is 35.7 Å². The summed E-state index contributed by atoms with van der Waals surface area (Å²) in [5.74, 6) is 0.992. The highest BCUT2D eigenvalue weighted by Crippen LogP contribution is 2.36. The molecule has 0 unspecified atom stereocenters. The molecule has 4 heteroatoms. The van der Waals surface area contributed by atoms with Gasteiger partial charge in [0.1, 0.15) is 12.4 Å². The van der Waals surface area contributed by atoms with Crippen molar-refractivity contribution in [3.05, 3.63) is 83.6 Å². The minimum atomic E-state index is 0.307. The minimum Gasteiger partial charge on any atom is -0.491 e. The molecule has 4 nitrogen and oxygen atoms in total. The number of hydrogen-bond acceptors (Lipinski definition) is 4. The number of aryl methyl sites for hydroxylation is 1. The van der Waals surface area contributed by atoms with E-state index >= 15 is 0 Å². The van der Waals surface area contributed by atoms with Gasteiger partial charge in [-0.05, 0) is 42.3 Å². The summed E-state index contributed by atoms with van der Waals surface area (Å²) in [7, 11) is 0. The minimum absolute atomic E-state index is 0.307. The molecule has 0 amide bonds. The van der Waals surface area contributed by atoms with Crippen molar-refractivity contribution in [2.24, 2.45) is 0 Å². The summed E-state index contributed by atoms with van der Waals surface area (Å²) < 4.78 is 6.15. The first-order valence-electron chi connectivity index (χ1n) is 9.33. The molecule has 1 atom stereocenters. The fourth-order valence-electron chi connectivity index (χ4n) is 3.95. The van der Waals surface area contributed by atoms with Crippen LogP contribution in [-0.4, -0.2) is 27.5 Å². The molecule has 0 radical (unpaired) electrons. The topological polar surface area (TPSA) is 38.2 Å². The van der Waals surface area contributed by atoms with Crippen molar-refractivity contribution in [2.75, 3.05) is 6.61 Å². The quantitative estimate of drug-likeness (QED) is 0.689. The average molecular weight is 355 g/mol. The maximum atomic E-state index is 6.15. The van der Waals surface area contributed by atoms with E-state index in [9.17, 15) is 0 Å². The van der Waals surface area contributed by atoms with Gasteiger partial charge in [0.05, 0.1) is 11.7 Å². The molecule has 2 aliphatic heterocycles. The monoisotopic (exact) mass is 355 g/mol. The number of benzene rings is 1. The predicted molar refractivity (Wildman–Crippen MR) is 106 cm³/mol. The van der Waals surface area contributed by atoms with Crippen LogP contribution in [0.3, 0.4) is 0 Å². The van der Waals surface area contributed by atoms with E-state index in [1.165, 1.54) is 16.7 Å². The van der Waals surface area contributed by atoms with E-state index in [0.29, 0.717) is 12.6 Å². The van der Waals surface area contributed by atoms with Crippen LogP contribution < -0.4 is 4.74 Å². The molecule has 5 rings (SSSR count). The maximum absolute atomic E-state index is 6.15. The van der Waals surface area contributed by atoms with Crippen molar-refractivity contribution in [3.8, 4) is 16.9 Å². The molecule has 0 saturated carbocycles. The second kappa shape index (κ2) is 6.54. The first-order chi connectivity index (χ1) is 13.3. The molecule has 0 spiro atoms. The van der Waals surface area contributed by atoms with Gasteiger partial charge >= 0.3 is 0 Å². The number of pyridine rings is 2. The molecule has 0 aliphatic carbocycles. The fraction of sp³-hybridized carbons (Fsp3) is 0.217. The van der Waals surface area contributed by atoms with Crippen LogP contribution in [0.15, 0.2) is 61.1 Å². The Morgan fingerprint density at radius 1 is 1.11 bits per heavy atom. The Morgan fingerprint density at radius 2 is 2.07 bits per heavy atom. The van der Waals surface area contributed by atoms with Crippen molar-refractivity contribution in [1.29, 1.82) is 0 Å². The summed E-state index contributed by atoms with van der Waals surface area (Å²) in [6.45, 7) is 3.60. The maximum Gasteiger partial charge on any atom is 0.123 e. The normalized spacial score (nSPS) is 17.8. The van der Waals surface area contributed by atoms with Crippen LogP contribution in [0, 0.1) is 6.92 Å². The summed E-state index contributed by atoms with van der Waals surface area (Å²) in [6.07, 6.45) is 8.97. The lowest BCUT2D eigenvalue weighted by Crippen LogP contribution is -2.40. The summed E-state index contributed by atoms with van der Waals surface area (Å²) in [5, 5.41) is 0. The average Bonchev–Trinajstić information content (AvgIpc) is 2.73. The highest BCUT2D eigenvalue weighted by Gasteiger charge is 2.27. The van der Waals surface area contributed by atoms with Gasteiger partial charge in [0, 0.05) is 48.4 Å². The Bertz CT molecular complexity index is 1010.